The minimum absolute atomic E-state index is 0.506. The molecule has 1 aliphatic carbocycles. The van der Waals surface area contributed by atoms with Crippen LogP contribution in [0.3, 0.4) is 0 Å². The molecule has 0 aromatic heterocycles. The van der Waals surface area contributed by atoms with Gasteiger partial charge in [-0.25, -0.2) is 0 Å². The second kappa shape index (κ2) is 5.41. The van der Waals surface area contributed by atoms with Gasteiger partial charge in [0.05, 0.1) is 23.6 Å². The molecule has 1 aromatic carbocycles. The monoisotopic (exact) mass is 328 g/mol. The summed E-state index contributed by atoms with van der Waals surface area (Å²) in [6.07, 6.45) is 2.29. The van der Waals surface area contributed by atoms with Gasteiger partial charge < -0.3 is 14.6 Å². The van der Waals surface area contributed by atoms with Crippen molar-refractivity contribution in [2.75, 3.05) is 13.7 Å². The van der Waals surface area contributed by atoms with Crippen molar-refractivity contribution in [3.8, 4) is 11.5 Å². The van der Waals surface area contributed by atoms with Crippen LogP contribution in [0.5, 0.6) is 11.5 Å². The van der Waals surface area contributed by atoms with E-state index in [0.717, 1.165) is 16.5 Å². The average molecular weight is 329 g/mol. The summed E-state index contributed by atoms with van der Waals surface area (Å²) in [5, 5.41) is 9.49. The van der Waals surface area contributed by atoms with Gasteiger partial charge in [-0.2, -0.15) is 0 Å². The molecule has 4 nitrogen and oxygen atoms in total. The van der Waals surface area contributed by atoms with Crippen molar-refractivity contribution < 1.29 is 19.4 Å². The summed E-state index contributed by atoms with van der Waals surface area (Å²) in [6.45, 7) is 2.39. The molecule has 0 atom stereocenters. The summed E-state index contributed by atoms with van der Waals surface area (Å²) >= 11 is 3.43. The molecule has 0 aliphatic heterocycles. The first kappa shape index (κ1) is 14.2. The van der Waals surface area contributed by atoms with Crippen LogP contribution in [0.1, 0.15) is 31.7 Å². The van der Waals surface area contributed by atoms with E-state index in [-0.39, 0.29) is 0 Å². The highest BCUT2D eigenvalue weighted by molar-refractivity contribution is 9.10. The molecule has 5 heteroatoms. The number of halogens is 1. The zero-order valence-electron chi connectivity index (χ0n) is 11.0. The number of rotatable bonds is 5. The molecule has 0 amide bonds. The summed E-state index contributed by atoms with van der Waals surface area (Å²) in [7, 11) is 1.57. The third-order valence-corrected chi connectivity index (χ3v) is 4.27. The van der Waals surface area contributed by atoms with Gasteiger partial charge in [0, 0.05) is 0 Å². The Morgan fingerprint density at radius 1 is 1.47 bits per heavy atom. The van der Waals surface area contributed by atoms with Crippen LogP contribution in [0, 0.1) is 0 Å². The largest absolute Gasteiger partial charge is 0.492 e. The van der Waals surface area contributed by atoms with E-state index in [9.17, 15) is 9.90 Å². The van der Waals surface area contributed by atoms with Gasteiger partial charge in [-0.1, -0.05) is 6.42 Å². The molecule has 1 N–H and O–H groups in total. The van der Waals surface area contributed by atoms with Crippen LogP contribution in [0.25, 0.3) is 0 Å². The van der Waals surface area contributed by atoms with Crippen molar-refractivity contribution in [2.45, 2.75) is 31.6 Å². The van der Waals surface area contributed by atoms with Crippen molar-refractivity contribution in [1.29, 1.82) is 0 Å². The maximum atomic E-state index is 11.6. The molecule has 1 aromatic rings. The van der Waals surface area contributed by atoms with Gasteiger partial charge >= 0.3 is 5.97 Å². The van der Waals surface area contributed by atoms with Crippen LogP contribution in [0.15, 0.2) is 16.6 Å². The van der Waals surface area contributed by atoms with Crippen molar-refractivity contribution >= 4 is 21.9 Å². The van der Waals surface area contributed by atoms with Crippen LogP contribution in [0.2, 0.25) is 0 Å². The molecule has 104 valence electrons. The fourth-order valence-electron chi connectivity index (χ4n) is 2.46. The van der Waals surface area contributed by atoms with Crippen molar-refractivity contribution in [3.63, 3.8) is 0 Å². The van der Waals surface area contributed by atoms with Crippen molar-refractivity contribution in [3.05, 3.63) is 22.2 Å². The highest BCUT2D eigenvalue weighted by Crippen LogP contribution is 2.48. The van der Waals surface area contributed by atoms with Gasteiger partial charge in [-0.15, -0.1) is 0 Å². The molecular weight excluding hydrogens is 312 g/mol. The van der Waals surface area contributed by atoms with E-state index in [1.54, 1.807) is 13.2 Å². The summed E-state index contributed by atoms with van der Waals surface area (Å²) in [5.74, 6) is 0.422. The molecule has 0 spiro atoms. The first-order valence-corrected chi connectivity index (χ1v) is 7.08. The predicted molar refractivity (Wildman–Crippen MR) is 75.0 cm³/mol. The molecule has 0 radical (unpaired) electrons. The van der Waals surface area contributed by atoms with Crippen LogP contribution in [-0.4, -0.2) is 24.8 Å². The number of benzene rings is 1. The molecule has 0 heterocycles. The van der Waals surface area contributed by atoms with Gasteiger partial charge in [0.1, 0.15) is 0 Å². The van der Waals surface area contributed by atoms with E-state index in [4.69, 9.17) is 9.47 Å². The van der Waals surface area contributed by atoms with Gasteiger partial charge in [-0.05, 0) is 53.4 Å². The summed E-state index contributed by atoms with van der Waals surface area (Å²) in [6, 6.07) is 3.62. The number of carboxylic acids is 1. The second-order valence-corrected chi connectivity index (χ2v) is 5.52. The lowest BCUT2D eigenvalue weighted by Gasteiger charge is -2.38. The Balaban J connectivity index is 2.50. The van der Waals surface area contributed by atoms with E-state index < -0.39 is 11.4 Å². The predicted octanol–water partition coefficient (Wildman–Crippen LogP) is 3.36. The molecule has 1 aliphatic rings. The summed E-state index contributed by atoms with van der Waals surface area (Å²) in [5.41, 5.74) is 0.0167. The molecule has 2 rings (SSSR count). The zero-order chi connectivity index (χ0) is 14.0. The minimum Gasteiger partial charge on any atom is -0.492 e. The number of aliphatic carboxylic acids is 1. The first-order chi connectivity index (χ1) is 9.05. The highest BCUT2D eigenvalue weighted by atomic mass is 79.9. The van der Waals surface area contributed by atoms with E-state index in [1.807, 2.05) is 13.0 Å². The average Bonchev–Trinajstić information content (AvgIpc) is 2.27. The maximum absolute atomic E-state index is 11.6. The Labute approximate surface area is 120 Å². The molecule has 1 saturated carbocycles. The normalized spacial score (nSPS) is 16.6. The molecule has 0 saturated heterocycles. The van der Waals surface area contributed by atoms with Gasteiger partial charge in [0.25, 0.3) is 0 Å². The smallest absolute Gasteiger partial charge is 0.314 e. The maximum Gasteiger partial charge on any atom is 0.314 e. The van der Waals surface area contributed by atoms with Crippen LogP contribution in [0.4, 0.5) is 0 Å². The Morgan fingerprint density at radius 3 is 2.58 bits per heavy atom. The van der Waals surface area contributed by atoms with E-state index in [2.05, 4.69) is 15.9 Å². The molecule has 0 bridgehead atoms. The van der Waals surface area contributed by atoms with Crippen molar-refractivity contribution in [2.24, 2.45) is 0 Å². The molecular formula is C14H17BrO4. The number of methoxy groups -OCH3 is 1. The fourth-order valence-corrected chi connectivity index (χ4v) is 3.07. The van der Waals surface area contributed by atoms with Gasteiger partial charge in [0.15, 0.2) is 11.5 Å². The van der Waals surface area contributed by atoms with E-state index in [0.29, 0.717) is 30.9 Å². The Hall–Kier alpha value is -1.23. The second-order valence-electron chi connectivity index (χ2n) is 4.66. The van der Waals surface area contributed by atoms with Crippen LogP contribution >= 0.6 is 15.9 Å². The SMILES string of the molecule is CCOc1cc(C2(C(=O)O)CCC2)cc(Br)c1OC. The summed E-state index contributed by atoms with van der Waals surface area (Å²) < 4.78 is 11.6. The van der Waals surface area contributed by atoms with Crippen molar-refractivity contribution in [1.82, 2.24) is 0 Å². The molecule has 0 unspecified atom stereocenters. The number of ether oxygens (including phenoxy) is 2. The standard InChI is InChI=1S/C14H17BrO4/c1-3-19-11-8-9(7-10(15)12(11)18-2)14(13(16)17)5-4-6-14/h7-8H,3-6H2,1-2H3,(H,16,17). The van der Waals surface area contributed by atoms with Crippen LogP contribution in [-0.2, 0) is 10.2 Å². The van der Waals surface area contributed by atoms with Gasteiger partial charge in [0.2, 0.25) is 0 Å². The van der Waals surface area contributed by atoms with Gasteiger partial charge in [-0.3, -0.25) is 4.79 Å². The number of carbonyl (C=O) groups is 1. The first-order valence-electron chi connectivity index (χ1n) is 6.29. The lowest BCUT2D eigenvalue weighted by atomic mass is 9.64. The summed E-state index contributed by atoms with van der Waals surface area (Å²) in [4.78, 5) is 11.6. The zero-order valence-corrected chi connectivity index (χ0v) is 12.6. The quantitative estimate of drug-likeness (QED) is 0.900. The lowest BCUT2D eigenvalue weighted by Crippen LogP contribution is -2.42. The van der Waals surface area contributed by atoms with E-state index in [1.165, 1.54) is 0 Å². The number of hydrogen-bond donors (Lipinski definition) is 1. The topological polar surface area (TPSA) is 55.8 Å². The van der Waals surface area contributed by atoms with E-state index >= 15 is 0 Å². The number of hydrogen-bond acceptors (Lipinski definition) is 3. The lowest BCUT2D eigenvalue weighted by molar-refractivity contribution is -0.147. The number of carboxylic acid groups (broad SMARTS) is 1. The Morgan fingerprint density at radius 2 is 2.16 bits per heavy atom. The molecule has 1 fully saturated rings. The Kier molecular flexibility index (Phi) is 4.04. The highest BCUT2D eigenvalue weighted by Gasteiger charge is 2.46. The van der Waals surface area contributed by atoms with Crippen LogP contribution < -0.4 is 9.47 Å². The molecule has 19 heavy (non-hydrogen) atoms. The fraction of sp³-hybridized carbons (Fsp3) is 0.500. The minimum atomic E-state index is -0.765. The third-order valence-electron chi connectivity index (χ3n) is 3.68. The third kappa shape index (κ3) is 2.31. The Bertz CT molecular complexity index is 494.